The predicted molar refractivity (Wildman–Crippen MR) is 73.4 cm³/mol. The van der Waals surface area contributed by atoms with Gasteiger partial charge in [0.1, 0.15) is 5.69 Å². The van der Waals surface area contributed by atoms with Crippen LogP contribution in [0, 0.1) is 0 Å². The van der Waals surface area contributed by atoms with Gasteiger partial charge in [0, 0.05) is 32.1 Å². The number of hydrogen-bond donors (Lipinski definition) is 0. The average Bonchev–Trinajstić information content (AvgIpc) is 2.52. The number of nitrogens with zero attached hydrogens (tertiary/aromatic N) is 3. The van der Waals surface area contributed by atoms with Gasteiger partial charge in [0.2, 0.25) is 0 Å². The van der Waals surface area contributed by atoms with E-state index in [2.05, 4.69) is 9.97 Å². The minimum atomic E-state index is -0.0501. The number of likely N-dealkylation sites (tertiary alicyclic amines) is 1. The molecule has 110 valence electrons. The van der Waals surface area contributed by atoms with Crippen molar-refractivity contribution >= 4 is 5.91 Å². The normalized spacial score (nSPS) is 16.4. The Balaban J connectivity index is 1.73. The van der Waals surface area contributed by atoms with Gasteiger partial charge in [-0.05, 0) is 19.8 Å². The van der Waals surface area contributed by atoms with Crippen molar-refractivity contribution in [2.75, 3.05) is 32.9 Å². The molecule has 1 aromatic rings. The number of carbonyl (C=O) groups excluding carboxylic acids is 1. The quantitative estimate of drug-likeness (QED) is 0.730. The van der Waals surface area contributed by atoms with Gasteiger partial charge >= 0.3 is 0 Å². The lowest BCUT2D eigenvalue weighted by molar-refractivity contribution is -0.0183. The van der Waals surface area contributed by atoms with Gasteiger partial charge in [0.25, 0.3) is 5.91 Å². The minimum Gasteiger partial charge on any atom is -0.379 e. The summed E-state index contributed by atoms with van der Waals surface area (Å²) in [6, 6.07) is 0. The Labute approximate surface area is 119 Å². The van der Waals surface area contributed by atoms with Crippen LogP contribution in [-0.2, 0) is 9.47 Å². The Morgan fingerprint density at radius 1 is 1.35 bits per heavy atom. The monoisotopic (exact) mass is 279 g/mol. The molecule has 0 aromatic carbocycles. The van der Waals surface area contributed by atoms with E-state index >= 15 is 0 Å². The molecule has 20 heavy (non-hydrogen) atoms. The summed E-state index contributed by atoms with van der Waals surface area (Å²) in [4.78, 5) is 21.9. The van der Waals surface area contributed by atoms with Gasteiger partial charge in [0.05, 0.1) is 25.5 Å². The van der Waals surface area contributed by atoms with E-state index in [9.17, 15) is 4.79 Å². The molecule has 0 bridgehead atoms. The fraction of sp³-hybridized carbons (Fsp3) is 0.643. The fourth-order valence-electron chi connectivity index (χ4n) is 2.22. The maximum Gasteiger partial charge on any atom is 0.274 e. The minimum absolute atomic E-state index is 0.0501. The smallest absolute Gasteiger partial charge is 0.274 e. The van der Waals surface area contributed by atoms with Crippen molar-refractivity contribution in [2.24, 2.45) is 0 Å². The first-order valence-electron chi connectivity index (χ1n) is 7.06. The third-order valence-electron chi connectivity index (χ3n) is 3.30. The Morgan fingerprint density at radius 2 is 2.15 bits per heavy atom. The van der Waals surface area contributed by atoms with Crippen LogP contribution in [0.1, 0.15) is 30.3 Å². The summed E-state index contributed by atoms with van der Waals surface area (Å²) in [5.74, 6) is -0.0501. The first kappa shape index (κ1) is 14.9. The molecule has 0 unspecified atom stereocenters. The highest BCUT2D eigenvalue weighted by Crippen LogP contribution is 2.15. The summed E-state index contributed by atoms with van der Waals surface area (Å²) >= 11 is 0. The molecule has 1 aliphatic rings. The number of amides is 1. The second kappa shape index (κ2) is 7.91. The van der Waals surface area contributed by atoms with Gasteiger partial charge in [-0.1, -0.05) is 0 Å². The van der Waals surface area contributed by atoms with E-state index in [1.165, 1.54) is 12.4 Å². The zero-order chi connectivity index (χ0) is 14.2. The Morgan fingerprint density at radius 3 is 2.80 bits per heavy atom. The highest BCUT2D eigenvalue weighted by Gasteiger charge is 2.24. The molecule has 0 N–H and O–H groups in total. The van der Waals surface area contributed by atoms with Crippen LogP contribution in [0.4, 0.5) is 0 Å². The summed E-state index contributed by atoms with van der Waals surface area (Å²) in [5, 5.41) is 0. The third kappa shape index (κ3) is 4.25. The molecule has 1 amide bonds. The van der Waals surface area contributed by atoms with Crippen LogP contribution in [0.15, 0.2) is 18.6 Å². The summed E-state index contributed by atoms with van der Waals surface area (Å²) < 4.78 is 11.0. The second-order valence-corrected chi connectivity index (χ2v) is 4.65. The molecular formula is C14H21N3O3. The maximum atomic E-state index is 12.2. The standard InChI is InChI=1S/C14H21N3O3/c1-2-19-9-10-20-12-3-7-17(8-4-12)14(18)13-11-15-5-6-16-13/h5-6,11-12H,2-4,7-10H2,1H3. The molecule has 1 saturated heterocycles. The Kier molecular flexibility index (Phi) is 5.88. The fourth-order valence-corrected chi connectivity index (χ4v) is 2.22. The van der Waals surface area contributed by atoms with E-state index in [4.69, 9.17) is 9.47 Å². The van der Waals surface area contributed by atoms with Crippen molar-refractivity contribution in [3.05, 3.63) is 24.3 Å². The van der Waals surface area contributed by atoms with Crippen LogP contribution in [0.3, 0.4) is 0 Å². The number of piperidine rings is 1. The second-order valence-electron chi connectivity index (χ2n) is 4.65. The van der Waals surface area contributed by atoms with E-state index in [0.29, 0.717) is 38.6 Å². The number of rotatable bonds is 6. The van der Waals surface area contributed by atoms with Gasteiger partial charge in [-0.3, -0.25) is 9.78 Å². The third-order valence-corrected chi connectivity index (χ3v) is 3.30. The van der Waals surface area contributed by atoms with Crippen molar-refractivity contribution in [2.45, 2.75) is 25.9 Å². The molecule has 0 saturated carbocycles. The Hall–Kier alpha value is -1.53. The van der Waals surface area contributed by atoms with Crippen molar-refractivity contribution < 1.29 is 14.3 Å². The zero-order valence-electron chi connectivity index (χ0n) is 11.8. The molecule has 6 nitrogen and oxygen atoms in total. The van der Waals surface area contributed by atoms with Gasteiger partial charge in [-0.25, -0.2) is 4.98 Å². The zero-order valence-corrected chi connectivity index (χ0v) is 11.8. The largest absolute Gasteiger partial charge is 0.379 e. The molecule has 0 aliphatic carbocycles. The maximum absolute atomic E-state index is 12.2. The number of hydrogen-bond acceptors (Lipinski definition) is 5. The lowest BCUT2D eigenvalue weighted by Crippen LogP contribution is -2.41. The molecule has 1 fully saturated rings. The van der Waals surface area contributed by atoms with Gasteiger partial charge < -0.3 is 14.4 Å². The van der Waals surface area contributed by atoms with Crippen LogP contribution < -0.4 is 0 Å². The average molecular weight is 279 g/mol. The van der Waals surface area contributed by atoms with Crippen molar-refractivity contribution in [1.82, 2.24) is 14.9 Å². The lowest BCUT2D eigenvalue weighted by Gasteiger charge is -2.31. The predicted octanol–water partition coefficient (Wildman–Crippen LogP) is 1.13. The molecule has 0 spiro atoms. The summed E-state index contributed by atoms with van der Waals surface area (Å²) in [6.45, 7) is 5.35. The topological polar surface area (TPSA) is 64.6 Å². The molecule has 2 heterocycles. The van der Waals surface area contributed by atoms with Crippen LogP contribution in [0.25, 0.3) is 0 Å². The van der Waals surface area contributed by atoms with Crippen LogP contribution in [-0.4, -0.2) is 59.8 Å². The van der Waals surface area contributed by atoms with Gasteiger partial charge in [-0.2, -0.15) is 0 Å². The van der Waals surface area contributed by atoms with E-state index in [0.717, 1.165) is 12.8 Å². The van der Waals surface area contributed by atoms with Crippen LogP contribution >= 0.6 is 0 Å². The molecule has 1 aromatic heterocycles. The van der Waals surface area contributed by atoms with Crippen molar-refractivity contribution in [1.29, 1.82) is 0 Å². The summed E-state index contributed by atoms with van der Waals surface area (Å²) in [7, 11) is 0. The van der Waals surface area contributed by atoms with Gasteiger partial charge in [-0.15, -0.1) is 0 Å². The molecule has 2 rings (SSSR count). The molecule has 6 heteroatoms. The summed E-state index contributed by atoms with van der Waals surface area (Å²) in [5.41, 5.74) is 0.406. The van der Waals surface area contributed by atoms with E-state index < -0.39 is 0 Å². The highest BCUT2D eigenvalue weighted by molar-refractivity contribution is 5.92. The van der Waals surface area contributed by atoms with Gasteiger partial charge in [0.15, 0.2) is 0 Å². The van der Waals surface area contributed by atoms with Crippen LogP contribution in [0.5, 0.6) is 0 Å². The van der Waals surface area contributed by atoms with Crippen molar-refractivity contribution in [3.8, 4) is 0 Å². The first-order valence-corrected chi connectivity index (χ1v) is 7.06. The van der Waals surface area contributed by atoms with E-state index in [1.807, 2.05) is 11.8 Å². The number of carbonyl (C=O) groups is 1. The first-order chi connectivity index (χ1) is 9.81. The molecule has 1 aliphatic heterocycles. The van der Waals surface area contributed by atoms with Crippen molar-refractivity contribution in [3.63, 3.8) is 0 Å². The highest BCUT2D eigenvalue weighted by atomic mass is 16.5. The number of aromatic nitrogens is 2. The Bertz CT molecular complexity index is 405. The molecular weight excluding hydrogens is 258 g/mol. The lowest BCUT2D eigenvalue weighted by atomic mass is 10.1. The van der Waals surface area contributed by atoms with E-state index in [1.54, 1.807) is 6.20 Å². The molecule has 0 atom stereocenters. The SMILES string of the molecule is CCOCCOC1CCN(C(=O)c2cnccn2)CC1. The summed E-state index contributed by atoms with van der Waals surface area (Å²) in [6.07, 6.45) is 6.55. The number of ether oxygens (including phenoxy) is 2. The van der Waals surface area contributed by atoms with E-state index in [-0.39, 0.29) is 12.0 Å². The van der Waals surface area contributed by atoms with Crippen LogP contribution in [0.2, 0.25) is 0 Å². The molecule has 0 radical (unpaired) electrons.